The van der Waals surface area contributed by atoms with Crippen LogP contribution in [0.25, 0.3) is 16.0 Å². The van der Waals surface area contributed by atoms with Crippen LogP contribution in [-0.2, 0) is 13.0 Å². The molecular weight excluding hydrogens is 334 g/mol. The molecule has 1 saturated heterocycles. The van der Waals surface area contributed by atoms with Crippen LogP contribution in [0.3, 0.4) is 0 Å². The second-order valence-corrected chi connectivity index (χ2v) is 8.33. The van der Waals surface area contributed by atoms with Crippen LogP contribution in [0.1, 0.15) is 43.0 Å². The van der Waals surface area contributed by atoms with Gasteiger partial charge in [0.15, 0.2) is 0 Å². The van der Waals surface area contributed by atoms with E-state index in [1.54, 1.807) is 0 Å². The van der Waals surface area contributed by atoms with Crippen LogP contribution in [0.2, 0.25) is 0 Å². The number of aromatic nitrogens is 5. The van der Waals surface area contributed by atoms with Crippen LogP contribution in [0.4, 0.5) is 5.82 Å². The van der Waals surface area contributed by atoms with Crippen molar-refractivity contribution in [3.8, 4) is 0 Å². The van der Waals surface area contributed by atoms with E-state index >= 15 is 0 Å². The van der Waals surface area contributed by atoms with Crippen LogP contribution in [-0.4, -0.2) is 56.1 Å². The predicted molar refractivity (Wildman–Crippen MR) is 99.3 cm³/mol. The summed E-state index contributed by atoms with van der Waals surface area (Å²) in [4.78, 5) is 12.5. The Morgan fingerprint density at radius 2 is 2.16 bits per heavy atom. The number of anilines is 1. The summed E-state index contributed by atoms with van der Waals surface area (Å²) in [6.07, 6.45) is 6.06. The molecule has 25 heavy (non-hydrogen) atoms. The molecule has 0 aliphatic carbocycles. The predicted octanol–water partition coefficient (Wildman–Crippen LogP) is 2.49. The monoisotopic (exact) mass is 357 g/mol. The first-order valence-corrected chi connectivity index (χ1v) is 10.1. The van der Waals surface area contributed by atoms with Crippen LogP contribution in [0.5, 0.6) is 0 Å². The molecule has 0 spiro atoms. The van der Waals surface area contributed by atoms with E-state index in [9.17, 15) is 0 Å². The lowest BCUT2D eigenvalue weighted by Crippen LogP contribution is -2.40. The lowest BCUT2D eigenvalue weighted by Gasteiger charge is -2.36. The highest BCUT2D eigenvalue weighted by Crippen LogP contribution is 2.41. The third kappa shape index (κ3) is 2.34. The molecule has 8 heteroatoms. The Morgan fingerprint density at radius 3 is 3.04 bits per heavy atom. The Balaban J connectivity index is 1.78. The largest absolute Gasteiger partial charge is 0.353 e. The fraction of sp³-hybridized carbons (Fsp3) is 0.647. The summed E-state index contributed by atoms with van der Waals surface area (Å²) in [6.45, 7) is 5.48. The fourth-order valence-electron chi connectivity index (χ4n) is 4.34. The van der Waals surface area contributed by atoms with Crippen LogP contribution in [0, 0.1) is 0 Å². The molecule has 5 heterocycles. The second kappa shape index (κ2) is 5.88. The van der Waals surface area contributed by atoms with Gasteiger partial charge >= 0.3 is 0 Å². The highest BCUT2D eigenvalue weighted by Gasteiger charge is 2.29. The number of thiophene rings is 1. The van der Waals surface area contributed by atoms with E-state index in [-0.39, 0.29) is 0 Å². The highest BCUT2D eigenvalue weighted by molar-refractivity contribution is 7.19. The van der Waals surface area contributed by atoms with Crippen molar-refractivity contribution in [3.63, 3.8) is 0 Å². The average Bonchev–Trinajstić information content (AvgIpc) is 3.24. The van der Waals surface area contributed by atoms with Gasteiger partial charge in [-0.25, -0.2) is 0 Å². The van der Waals surface area contributed by atoms with Crippen molar-refractivity contribution < 1.29 is 0 Å². The van der Waals surface area contributed by atoms with Crippen molar-refractivity contribution in [1.82, 2.24) is 29.9 Å². The Bertz CT molecular complexity index is 930. The zero-order chi connectivity index (χ0) is 17.0. The molecule has 2 aliphatic rings. The van der Waals surface area contributed by atoms with E-state index in [1.165, 1.54) is 35.1 Å². The SMILES string of the molecule is CCC1CCCCN1c1nc2nnnn2c2sc3c(c12)CCN(C)C3. The summed E-state index contributed by atoms with van der Waals surface area (Å²) in [5.41, 5.74) is 1.47. The standard InChI is InChI=1S/C17H23N7S/c1-3-11-6-4-5-8-23(11)15-14-12-7-9-22(2)10-13(12)25-16(14)24-17(18-15)19-20-21-24/h11H,3-10H2,1-2H3. The van der Waals surface area contributed by atoms with Crippen LogP contribution in [0.15, 0.2) is 0 Å². The molecule has 132 valence electrons. The summed E-state index contributed by atoms with van der Waals surface area (Å²) in [5, 5.41) is 13.5. The number of hydrogen-bond donors (Lipinski definition) is 0. The minimum Gasteiger partial charge on any atom is -0.353 e. The number of likely N-dealkylation sites (N-methyl/N-ethyl adjacent to an activating group) is 1. The first kappa shape index (κ1) is 15.5. The van der Waals surface area contributed by atoms with E-state index in [4.69, 9.17) is 4.98 Å². The minimum absolute atomic E-state index is 0.574. The number of tetrazole rings is 1. The molecule has 1 atom stereocenters. The second-order valence-electron chi connectivity index (χ2n) is 7.25. The van der Waals surface area contributed by atoms with Crippen molar-refractivity contribution in [2.45, 2.75) is 51.6 Å². The summed E-state index contributed by atoms with van der Waals surface area (Å²) < 4.78 is 1.83. The molecule has 3 aromatic heterocycles. The maximum atomic E-state index is 4.93. The van der Waals surface area contributed by atoms with E-state index in [0.717, 1.165) is 43.1 Å². The number of hydrogen-bond acceptors (Lipinski definition) is 7. The van der Waals surface area contributed by atoms with E-state index in [2.05, 4.69) is 39.3 Å². The van der Waals surface area contributed by atoms with Gasteiger partial charge in [-0.15, -0.1) is 11.3 Å². The third-order valence-electron chi connectivity index (χ3n) is 5.67. The first-order chi connectivity index (χ1) is 12.3. The topological polar surface area (TPSA) is 62.5 Å². The molecule has 0 radical (unpaired) electrons. The van der Waals surface area contributed by atoms with Gasteiger partial charge in [0.25, 0.3) is 5.78 Å². The average molecular weight is 357 g/mol. The molecule has 1 fully saturated rings. The smallest absolute Gasteiger partial charge is 0.276 e. The quantitative estimate of drug-likeness (QED) is 0.702. The van der Waals surface area contributed by atoms with Crippen molar-refractivity contribution in [3.05, 3.63) is 10.4 Å². The zero-order valence-electron chi connectivity index (χ0n) is 14.8. The third-order valence-corrected chi connectivity index (χ3v) is 6.87. The number of nitrogens with zero attached hydrogens (tertiary/aromatic N) is 7. The van der Waals surface area contributed by atoms with Gasteiger partial charge in [-0.1, -0.05) is 12.0 Å². The molecule has 7 nitrogen and oxygen atoms in total. The number of fused-ring (bicyclic) bond motifs is 5. The number of rotatable bonds is 2. The van der Waals surface area contributed by atoms with Gasteiger partial charge in [-0.2, -0.15) is 9.50 Å². The van der Waals surface area contributed by atoms with E-state index < -0.39 is 0 Å². The summed E-state index contributed by atoms with van der Waals surface area (Å²) in [5.74, 6) is 1.74. The maximum absolute atomic E-state index is 4.93. The molecule has 1 unspecified atom stereocenters. The molecule has 0 N–H and O–H groups in total. The first-order valence-electron chi connectivity index (χ1n) is 9.23. The van der Waals surface area contributed by atoms with E-state index in [1.807, 2.05) is 15.9 Å². The molecule has 3 aromatic rings. The molecular formula is C17H23N7S. The lowest BCUT2D eigenvalue weighted by molar-refractivity contribution is 0.318. The van der Waals surface area contributed by atoms with Gasteiger partial charge in [0, 0.05) is 30.6 Å². The Morgan fingerprint density at radius 1 is 1.24 bits per heavy atom. The maximum Gasteiger partial charge on any atom is 0.276 e. The summed E-state index contributed by atoms with van der Waals surface area (Å²) in [6, 6.07) is 0.574. The van der Waals surface area contributed by atoms with Gasteiger partial charge in [0.05, 0.1) is 5.39 Å². The van der Waals surface area contributed by atoms with Gasteiger partial charge in [-0.05, 0) is 55.1 Å². The number of piperidine rings is 1. The molecule has 0 amide bonds. The van der Waals surface area contributed by atoms with Gasteiger partial charge < -0.3 is 9.80 Å². The Labute approximate surface area is 150 Å². The van der Waals surface area contributed by atoms with Gasteiger partial charge in [0.2, 0.25) is 0 Å². The van der Waals surface area contributed by atoms with Crippen molar-refractivity contribution >= 4 is 33.1 Å². The lowest BCUT2D eigenvalue weighted by atomic mass is 9.98. The zero-order valence-corrected chi connectivity index (χ0v) is 15.6. The van der Waals surface area contributed by atoms with Gasteiger partial charge in [-0.3, -0.25) is 0 Å². The van der Waals surface area contributed by atoms with Crippen LogP contribution >= 0.6 is 11.3 Å². The summed E-state index contributed by atoms with van der Waals surface area (Å²) >= 11 is 1.84. The van der Waals surface area contributed by atoms with Crippen molar-refractivity contribution in [2.24, 2.45) is 0 Å². The molecule has 0 saturated carbocycles. The molecule has 5 rings (SSSR count). The summed E-state index contributed by atoms with van der Waals surface area (Å²) in [7, 11) is 2.19. The molecule has 2 aliphatic heterocycles. The Hall–Kier alpha value is -1.80. The normalized spacial score (nSPS) is 22.0. The highest BCUT2D eigenvalue weighted by atomic mass is 32.1. The van der Waals surface area contributed by atoms with Gasteiger partial charge in [0.1, 0.15) is 10.6 Å². The minimum atomic E-state index is 0.574. The molecule has 0 bridgehead atoms. The van der Waals surface area contributed by atoms with E-state index in [0.29, 0.717) is 11.8 Å². The molecule has 0 aromatic carbocycles. The van der Waals surface area contributed by atoms with Crippen molar-refractivity contribution in [2.75, 3.05) is 25.0 Å². The Kier molecular flexibility index (Phi) is 3.63. The fourth-order valence-corrected chi connectivity index (χ4v) is 5.71. The van der Waals surface area contributed by atoms with Crippen molar-refractivity contribution in [1.29, 1.82) is 0 Å². The van der Waals surface area contributed by atoms with Crippen LogP contribution < -0.4 is 4.90 Å².